The Bertz CT molecular complexity index is 1430. The van der Waals surface area contributed by atoms with Crippen LogP contribution in [0.4, 0.5) is 5.82 Å². The van der Waals surface area contributed by atoms with Gasteiger partial charge in [0.05, 0.1) is 23.5 Å². The zero-order valence-corrected chi connectivity index (χ0v) is 21.5. The Hall–Kier alpha value is -4.09. The number of rotatable bonds is 10. The summed E-state index contributed by atoms with van der Waals surface area (Å²) in [5, 5.41) is 5.64. The molecule has 1 unspecified atom stereocenters. The first kappa shape index (κ1) is 26.0. The zero-order chi connectivity index (χ0) is 26.4. The molecule has 1 aromatic carbocycles. The van der Waals surface area contributed by atoms with Crippen molar-refractivity contribution in [1.29, 1.82) is 0 Å². The molecule has 0 amide bonds. The van der Waals surface area contributed by atoms with E-state index in [1.807, 2.05) is 50.4 Å². The summed E-state index contributed by atoms with van der Waals surface area (Å²) in [7, 11) is -3.91. The summed E-state index contributed by atoms with van der Waals surface area (Å²) in [6.45, 7) is 5.04. The number of hydroxylamine groups is 1. The molecule has 0 saturated heterocycles. The number of hydrogen-bond acceptors (Lipinski definition) is 8. The van der Waals surface area contributed by atoms with Crippen LogP contribution >= 0.6 is 0 Å². The second-order valence-corrected chi connectivity index (χ2v) is 10.3. The summed E-state index contributed by atoms with van der Waals surface area (Å²) >= 11 is 0. The molecule has 0 saturated carbocycles. The van der Waals surface area contributed by atoms with Gasteiger partial charge in [-0.25, -0.2) is 22.8 Å². The number of carbonyl (C=O) groups excluding carboxylic acids is 1. The van der Waals surface area contributed by atoms with Crippen LogP contribution in [0.3, 0.4) is 0 Å². The molecule has 0 bridgehead atoms. The van der Waals surface area contributed by atoms with Gasteiger partial charge in [-0.1, -0.05) is 18.2 Å². The van der Waals surface area contributed by atoms with Gasteiger partial charge < -0.3 is 4.84 Å². The summed E-state index contributed by atoms with van der Waals surface area (Å²) in [6.07, 6.45) is 6.68. The minimum absolute atomic E-state index is 0.0499. The van der Waals surface area contributed by atoms with Crippen LogP contribution in [0.5, 0.6) is 0 Å². The van der Waals surface area contributed by atoms with Crippen molar-refractivity contribution in [3.8, 4) is 5.69 Å². The first-order valence-corrected chi connectivity index (χ1v) is 13.2. The third kappa shape index (κ3) is 6.57. The van der Waals surface area contributed by atoms with Crippen molar-refractivity contribution in [3.63, 3.8) is 0 Å². The molecule has 0 spiro atoms. The van der Waals surface area contributed by atoms with Crippen LogP contribution in [0.15, 0.2) is 90.3 Å². The van der Waals surface area contributed by atoms with Gasteiger partial charge in [-0.15, -0.1) is 0 Å². The maximum atomic E-state index is 13.2. The van der Waals surface area contributed by atoms with Crippen LogP contribution in [0.1, 0.15) is 38.1 Å². The molecule has 3 heterocycles. The minimum Gasteiger partial charge on any atom is -0.339 e. The highest BCUT2D eigenvalue weighted by Gasteiger charge is 2.25. The first-order chi connectivity index (χ1) is 17.7. The van der Waals surface area contributed by atoms with Crippen molar-refractivity contribution in [1.82, 2.24) is 24.5 Å². The molecule has 0 radical (unpaired) electrons. The van der Waals surface area contributed by atoms with E-state index in [0.29, 0.717) is 17.9 Å². The first-order valence-electron chi connectivity index (χ1n) is 11.7. The molecule has 37 heavy (non-hydrogen) atoms. The van der Waals surface area contributed by atoms with Crippen molar-refractivity contribution in [2.45, 2.75) is 44.2 Å². The van der Waals surface area contributed by atoms with Crippen LogP contribution in [0.25, 0.3) is 5.69 Å². The van der Waals surface area contributed by atoms with Gasteiger partial charge in [-0.2, -0.15) is 10.2 Å². The van der Waals surface area contributed by atoms with Crippen LogP contribution in [0.2, 0.25) is 0 Å². The molecule has 0 aliphatic heterocycles. The summed E-state index contributed by atoms with van der Waals surface area (Å²) in [5.41, 5.74) is 2.25. The largest absolute Gasteiger partial charge is 0.339 e. The van der Waals surface area contributed by atoms with Gasteiger partial charge in [0.15, 0.2) is 5.82 Å². The molecule has 192 valence electrons. The monoisotopic (exact) mass is 520 g/mol. The molecule has 0 aliphatic carbocycles. The Morgan fingerprint density at radius 2 is 1.84 bits per heavy atom. The summed E-state index contributed by atoms with van der Waals surface area (Å²) in [4.78, 5) is 25.7. The van der Waals surface area contributed by atoms with Crippen LogP contribution in [0, 0.1) is 0 Å². The Labute approximate surface area is 216 Å². The highest BCUT2D eigenvalue weighted by Crippen LogP contribution is 2.24. The topological polar surface area (TPSA) is 119 Å². The number of nitrogens with one attached hydrogen (secondary N) is 1. The maximum absolute atomic E-state index is 13.2. The van der Waals surface area contributed by atoms with E-state index >= 15 is 0 Å². The van der Waals surface area contributed by atoms with E-state index in [0.717, 1.165) is 11.3 Å². The van der Waals surface area contributed by atoms with Gasteiger partial charge in [0, 0.05) is 31.7 Å². The quantitative estimate of drug-likeness (QED) is 0.315. The number of benzene rings is 1. The number of nitrogens with zero attached hydrogens (tertiary/aromatic N) is 5. The zero-order valence-electron chi connectivity index (χ0n) is 20.7. The molecule has 1 atom stereocenters. The normalized spacial score (nSPS) is 12.3. The molecule has 4 aromatic rings. The van der Waals surface area contributed by atoms with Crippen molar-refractivity contribution >= 4 is 21.8 Å². The van der Waals surface area contributed by atoms with Gasteiger partial charge in [0.1, 0.15) is 4.90 Å². The van der Waals surface area contributed by atoms with Gasteiger partial charge in [-0.05, 0) is 68.3 Å². The van der Waals surface area contributed by atoms with Gasteiger partial charge in [0.25, 0.3) is 0 Å². The van der Waals surface area contributed by atoms with Crippen molar-refractivity contribution in [2.24, 2.45) is 0 Å². The fourth-order valence-corrected chi connectivity index (χ4v) is 4.89. The van der Waals surface area contributed by atoms with E-state index in [4.69, 9.17) is 4.84 Å². The third-order valence-electron chi connectivity index (χ3n) is 5.42. The number of carbonyl (C=O) groups is 1. The molecular formula is C26H28N6O4S. The number of aromatic nitrogens is 4. The van der Waals surface area contributed by atoms with E-state index in [1.165, 1.54) is 30.4 Å². The molecule has 4 rings (SSSR count). The number of anilines is 1. The summed E-state index contributed by atoms with van der Waals surface area (Å²) in [6, 6.07) is 16.9. The van der Waals surface area contributed by atoms with Crippen LogP contribution < -0.4 is 9.79 Å². The standard InChI is InChI=1S/C26H28N6O4S/c1-19(2)32(36-20(3)33)26-9-4-8-24(29-26)25(30-37(34,35)23-7-5-14-27-18-23)17-21-10-12-22(13-11-21)31-16-6-15-28-31/h4-16,18-19,25,30H,17H2,1-3H3. The number of sulfonamides is 1. The lowest BCUT2D eigenvalue weighted by molar-refractivity contribution is -0.143. The van der Waals surface area contributed by atoms with Crippen LogP contribution in [-0.4, -0.2) is 40.2 Å². The van der Waals surface area contributed by atoms with Gasteiger partial charge >= 0.3 is 5.97 Å². The Morgan fingerprint density at radius 1 is 1.05 bits per heavy atom. The molecule has 10 nitrogen and oxygen atoms in total. The second-order valence-electron chi connectivity index (χ2n) is 8.61. The fourth-order valence-electron chi connectivity index (χ4n) is 3.72. The Morgan fingerprint density at radius 3 is 2.46 bits per heavy atom. The molecule has 1 N–H and O–H groups in total. The highest BCUT2D eigenvalue weighted by atomic mass is 32.2. The van der Waals surface area contributed by atoms with Gasteiger partial charge in [0.2, 0.25) is 10.0 Å². The molecular weight excluding hydrogens is 492 g/mol. The number of hydrogen-bond donors (Lipinski definition) is 1. The van der Waals surface area contributed by atoms with E-state index < -0.39 is 22.0 Å². The van der Waals surface area contributed by atoms with Crippen molar-refractivity contribution < 1.29 is 18.0 Å². The smallest absolute Gasteiger partial charge is 0.329 e. The lowest BCUT2D eigenvalue weighted by atomic mass is 10.0. The van der Waals surface area contributed by atoms with E-state index in [-0.39, 0.29) is 10.9 Å². The third-order valence-corrected chi connectivity index (χ3v) is 6.88. The average molecular weight is 521 g/mol. The second kappa shape index (κ2) is 11.3. The van der Waals surface area contributed by atoms with Gasteiger partial charge in [-0.3, -0.25) is 9.78 Å². The average Bonchev–Trinajstić information content (AvgIpc) is 3.43. The molecule has 0 aliphatic rings. The van der Waals surface area contributed by atoms with Crippen molar-refractivity contribution in [3.05, 3.63) is 96.7 Å². The minimum atomic E-state index is -3.91. The maximum Gasteiger partial charge on any atom is 0.329 e. The number of pyridine rings is 2. The lowest BCUT2D eigenvalue weighted by Crippen LogP contribution is -2.34. The van der Waals surface area contributed by atoms with E-state index in [1.54, 1.807) is 35.1 Å². The van der Waals surface area contributed by atoms with Crippen LogP contribution in [-0.2, 0) is 26.1 Å². The Kier molecular flexibility index (Phi) is 7.95. The molecule has 0 fully saturated rings. The van der Waals surface area contributed by atoms with E-state index in [2.05, 4.69) is 19.8 Å². The summed E-state index contributed by atoms with van der Waals surface area (Å²) in [5.74, 6) is -0.0886. The highest BCUT2D eigenvalue weighted by molar-refractivity contribution is 7.89. The lowest BCUT2D eigenvalue weighted by Gasteiger charge is -2.26. The predicted molar refractivity (Wildman–Crippen MR) is 138 cm³/mol. The van der Waals surface area contributed by atoms with E-state index in [9.17, 15) is 13.2 Å². The fraction of sp³-hybridized carbons (Fsp3) is 0.231. The Balaban J connectivity index is 1.68. The SMILES string of the molecule is CC(=O)ON(c1cccc(C(Cc2ccc(-n3cccn3)cc2)NS(=O)(=O)c2cccnc2)n1)C(C)C. The predicted octanol–water partition coefficient (Wildman–Crippen LogP) is 3.62. The molecule has 3 aromatic heterocycles. The summed E-state index contributed by atoms with van der Waals surface area (Å²) < 4.78 is 31.0. The van der Waals surface area contributed by atoms with Crippen molar-refractivity contribution in [2.75, 3.05) is 5.06 Å². The molecule has 11 heteroatoms.